The van der Waals surface area contributed by atoms with Crippen LogP contribution in [0.5, 0.6) is 11.5 Å². The molecule has 0 saturated carbocycles. The minimum Gasteiger partial charge on any atom is -0.494 e. The zero-order chi connectivity index (χ0) is 22.4. The third kappa shape index (κ3) is 5.36. The van der Waals surface area contributed by atoms with Crippen LogP contribution in [-0.2, 0) is 14.8 Å². The number of hydrogen-bond acceptors (Lipinski definition) is 6. The molecule has 1 N–H and O–H groups in total. The maximum Gasteiger partial charge on any atom is 0.255 e. The van der Waals surface area contributed by atoms with E-state index in [2.05, 4.69) is 5.32 Å². The van der Waals surface area contributed by atoms with Gasteiger partial charge in [-0.1, -0.05) is 6.07 Å². The Bertz CT molecular complexity index is 1030. The van der Waals surface area contributed by atoms with Crippen molar-refractivity contribution in [2.45, 2.75) is 25.7 Å². The molecule has 1 heterocycles. The molecule has 0 bridgehead atoms. The summed E-state index contributed by atoms with van der Waals surface area (Å²) in [4.78, 5) is 13.1. The second-order valence-corrected chi connectivity index (χ2v) is 8.88. The van der Waals surface area contributed by atoms with Crippen molar-refractivity contribution in [3.63, 3.8) is 0 Å². The molecule has 1 fully saturated rings. The average molecular weight is 449 g/mol. The van der Waals surface area contributed by atoms with Crippen LogP contribution in [0.1, 0.15) is 29.8 Å². The van der Waals surface area contributed by atoms with E-state index in [-0.39, 0.29) is 10.5 Å². The smallest absolute Gasteiger partial charge is 0.255 e. The Morgan fingerprint density at radius 2 is 1.77 bits per heavy atom. The first-order chi connectivity index (χ1) is 14.9. The fourth-order valence-corrected chi connectivity index (χ4v) is 4.94. The standard InChI is InChI=1S/C22H28N2O6S/c1-4-29-18-8-9-20(30-5-2)19(15-18)23-22(25)17-7-6-16(3)21(14-17)31(26,27)24-10-12-28-13-11-24/h6-9,14-15H,4-5,10-13H2,1-3H3,(H,23,25). The highest BCUT2D eigenvalue weighted by atomic mass is 32.2. The van der Waals surface area contributed by atoms with Crippen molar-refractivity contribution < 1.29 is 27.4 Å². The lowest BCUT2D eigenvalue weighted by molar-refractivity contribution is 0.0730. The summed E-state index contributed by atoms with van der Waals surface area (Å²) in [7, 11) is -3.72. The fraction of sp³-hybridized carbons (Fsp3) is 0.409. The molecule has 0 atom stereocenters. The Morgan fingerprint density at radius 1 is 1.06 bits per heavy atom. The lowest BCUT2D eigenvalue weighted by atomic mass is 10.1. The Balaban J connectivity index is 1.89. The molecule has 31 heavy (non-hydrogen) atoms. The zero-order valence-electron chi connectivity index (χ0n) is 18.0. The van der Waals surface area contributed by atoms with Crippen LogP contribution in [0.2, 0.25) is 0 Å². The van der Waals surface area contributed by atoms with Crippen molar-refractivity contribution in [3.05, 3.63) is 47.5 Å². The van der Waals surface area contributed by atoms with Crippen molar-refractivity contribution in [2.75, 3.05) is 44.8 Å². The van der Waals surface area contributed by atoms with Gasteiger partial charge >= 0.3 is 0 Å². The summed E-state index contributed by atoms with van der Waals surface area (Å²) in [6.07, 6.45) is 0. The van der Waals surface area contributed by atoms with Gasteiger partial charge in [0.25, 0.3) is 5.91 Å². The predicted molar refractivity (Wildman–Crippen MR) is 117 cm³/mol. The number of morpholine rings is 1. The van der Waals surface area contributed by atoms with Crippen LogP contribution in [0, 0.1) is 6.92 Å². The normalized spacial score (nSPS) is 14.8. The lowest BCUT2D eigenvalue weighted by Gasteiger charge is -2.26. The number of carbonyl (C=O) groups excluding carboxylic acids is 1. The third-order valence-corrected chi connectivity index (χ3v) is 6.89. The summed E-state index contributed by atoms with van der Waals surface area (Å²) in [5.74, 6) is 0.668. The molecule has 2 aromatic rings. The molecule has 0 aromatic heterocycles. The molecule has 0 aliphatic carbocycles. The lowest BCUT2D eigenvalue weighted by Crippen LogP contribution is -2.40. The highest BCUT2D eigenvalue weighted by Gasteiger charge is 2.28. The number of hydrogen-bond donors (Lipinski definition) is 1. The maximum absolute atomic E-state index is 13.1. The molecule has 1 aliphatic heterocycles. The molecular formula is C22H28N2O6S. The van der Waals surface area contributed by atoms with Crippen LogP contribution in [0.3, 0.4) is 0 Å². The minimum atomic E-state index is -3.72. The summed E-state index contributed by atoms with van der Waals surface area (Å²) in [5.41, 5.74) is 1.27. The number of sulfonamides is 1. The number of aryl methyl sites for hydroxylation is 1. The number of ether oxygens (including phenoxy) is 3. The zero-order valence-corrected chi connectivity index (χ0v) is 18.8. The monoisotopic (exact) mass is 448 g/mol. The van der Waals surface area contributed by atoms with E-state index in [0.717, 1.165) is 0 Å². The topological polar surface area (TPSA) is 94.2 Å². The second-order valence-electron chi connectivity index (χ2n) is 6.97. The Labute approximate surface area is 183 Å². The van der Waals surface area contributed by atoms with E-state index < -0.39 is 15.9 Å². The van der Waals surface area contributed by atoms with Gasteiger partial charge in [0.1, 0.15) is 11.5 Å². The Morgan fingerprint density at radius 3 is 2.45 bits per heavy atom. The van der Waals surface area contributed by atoms with Crippen LogP contribution < -0.4 is 14.8 Å². The molecular weight excluding hydrogens is 420 g/mol. The van der Waals surface area contributed by atoms with Gasteiger partial charge in [-0.05, 0) is 50.6 Å². The Kier molecular flexibility index (Phi) is 7.53. The molecule has 3 rings (SSSR count). The van der Waals surface area contributed by atoms with Gasteiger partial charge in [-0.2, -0.15) is 4.31 Å². The molecule has 0 spiro atoms. The van der Waals surface area contributed by atoms with Crippen LogP contribution in [0.4, 0.5) is 5.69 Å². The molecule has 0 radical (unpaired) electrons. The van der Waals surface area contributed by atoms with Crippen molar-refractivity contribution in [1.82, 2.24) is 4.31 Å². The quantitative estimate of drug-likeness (QED) is 0.667. The second kappa shape index (κ2) is 10.1. The predicted octanol–water partition coefficient (Wildman–Crippen LogP) is 3.07. The van der Waals surface area contributed by atoms with Crippen LogP contribution in [-0.4, -0.2) is 58.1 Å². The molecule has 2 aromatic carbocycles. The van der Waals surface area contributed by atoms with Gasteiger partial charge in [0.05, 0.1) is 37.0 Å². The summed E-state index contributed by atoms with van der Waals surface area (Å²) < 4.78 is 44.0. The van der Waals surface area contributed by atoms with Crippen molar-refractivity contribution in [2.24, 2.45) is 0 Å². The van der Waals surface area contributed by atoms with E-state index >= 15 is 0 Å². The van der Waals surface area contributed by atoms with E-state index in [1.54, 1.807) is 37.3 Å². The molecule has 1 saturated heterocycles. The molecule has 9 heteroatoms. The van der Waals surface area contributed by atoms with E-state index in [1.165, 1.54) is 10.4 Å². The van der Waals surface area contributed by atoms with Gasteiger partial charge in [0.2, 0.25) is 10.0 Å². The van der Waals surface area contributed by atoms with Crippen LogP contribution in [0.25, 0.3) is 0 Å². The SMILES string of the molecule is CCOc1ccc(OCC)c(NC(=O)c2ccc(C)c(S(=O)(=O)N3CCOCC3)c2)c1. The van der Waals surface area contributed by atoms with Gasteiger partial charge in [-0.15, -0.1) is 0 Å². The number of amides is 1. The van der Waals surface area contributed by atoms with Crippen molar-refractivity contribution >= 4 is 21.6 Å². The number of nitrogens with one attached hydrogen (secondary N) is 1. The highest BCUT2D eigenvalue weighted by Crippen LogP contribution is 2.30. The van der Waals surface area contributed by atoms with Crippen molar-refractivity contribution in [1.29, 1.82) is 0 Å². The molecule has 8 nitrogen and oxygen atoms in total. The van der Waals surface area contributed by atoms with Crippen LogP contribution >= 0.6 is 0 Å². The molecule has 1 amide bonds. The van der Waals surface area contributed by atoms with Crippen molar-refractivity contribution in [3.8, 4) is 11.5 Å². The molecule has 0 unspecified atom stereocenters. The van der Waals surface area contributed by atoms with E-state index in [4.69, 9.17) is 14.2 Å². The first-order valence-corrected chi connectivity index (χ1v) is 11.7. The minimum absolute atomic E-state index is 0.121. The summed E-state index contributed by atoms with van der Waals surface area (Å²) in [6, 6.07) is 9.85. The first kappa shape index (κ1) is 23.1. The van der Waals surface area contributed by atoms with Gasteiger partial charge in [0, 0.05) is 24.7 Å². The largest absolute Gasteiger partial charge is 0.494 e. The van der Waals surface area contributed by atoms with Gasteiger partial charge in [0.15, 0.2) is 0 Å². The third-order valence-electron chi connectivity index (χ3n) is 4.85. The first-order valence-electron chi connectivity index (χ1n) is 10.3. The van der Waals surface area contributed by atoms with Gasteiger partial charge in [-0.25, -0.2) is 8.42 Å². The number of carbonyl (C=O) groups is 1. The fourth-order valence-electron chi connectivity index (χ4n) is 3.28. The number of nitrogens with zero attached hydrogens (tertiary/aromatic N) is 1. The summed E-state index contributed by atoms with van der Waals surface area (Å²) in [5, 5.41) is 2.82. The van der Waals surface area contributed by atoms with E-state index in [0.29, 0.717) is 62.3 Å². The number of anilines is 1. The Hall–Kier alpha value is -2.62. The molecule has 168 valence electrons. The van der Waals surface area contributed by atoms with Gasteiger partial charge in [-0.3, -0.25) is 4.79 Å². The van der Waals surface area contributed by atoms with E-state index in [9.17, 15) is 13.2 Å². The summed E-state index contributed by atoms with van der Waals surface area (Å²) >= 11 is 0. The summed E-state index contributed by atoms with van der Waals surface area (Å²) in [6.45, 7) is 7.66. The number of rotatable bonds is 8. The van der Waals surface area contributed by atoms with Crippen LogP contribution in [0.15, 0.2) is 41.3 Å². The van der Waals surface area contributed by atoms with Gasteiger partial charge < -0.3 is 19.5 Å². The average Bonchev–Trinajstić information content (AvgIpc) is 2.76. The number of benzene rings is 2. The molecule has 1 aliphatic rings. The maximum atomic E-state index is 13.1. The van der Waals surface area contributed by atoms with E-state index in [1.807, 2.05) is 13.8 Å². The highest BCUT2D eigenvalue weighted by molar-refractivity contribution is 7.89.